The van der Waals surface area contributed by atoms with Gasteiger partial charge in [0.15, 0.2) is 0 Å². The zero-order valence-electron chi connectivity index (χ0n) is 7.25. The van der Waals surface area contributed by atoms with Crippen LogP contribution in [-0.2, 0) is 0 Å². The lowest BCUT2D eigenvalue weighted by molar-refractivity contribution is 0.627. The molecule has 1 aromatic carbocycles. The fraction of sp³-hybridized carbons (Fsp3) is 0.0909. The van der Waals surface area contributed by atoms with Crippen molar-refractivity contribution in [1.29, 1.82) is 0 Å². The number of benzene rings is 1. The first-order valence-corrected chi connectivity index (χ1v) is 5.00. The fourth-order valence-electron chi connectivity index (χ4n) is 1.37. The van der Waals surface area contributed by atoms with E-state index in [2.05, 4.69) is 5.38 Å². The average Bonchev–Trinajstić information content (AvgIpc) is 2.56. The van der Waals surface area contributed by atoms with Gasteiger partial charge in [0, 0.05) is 0 Å². The maximum atomic E-state index is 12.8. The maximum Gasteiger partial charge on any atom is 0.123 e. The van der Waals surface area contributed by atoms with E-state index in [0.717, 1.165) is 11.1 Å². The Morgan fingerprint density at radius 2 is 2.08 bits per heavy atom. The van der Waals surface area contributed by atoms with Gasteiger partial charge < -0.3 is 0 Å². The molecule has 0 atom stereocenters. The van der Waals surface area contributed by atoms with E-state index in [-0.39, 0.29) is 5.82 Å². The Morgan fingerprint density at radius 3 is 2.69 bits per heavy atom. The molecule has 0 fully saturated rings. The molecule has 66 valence electrons. The second-order valence-electron chi connectivity index (χ2n) is 2.97. The highest BCUT2D eigenvalue weighted by atomic mass is 32.1. The molecule has 0 nitrogen and oxygen atoms in total. The summed E-state index contributed by atoms with van der Waals surface area (Å²) in [6.07, 6.45) is 0. The molecule has 2 rings (SSSR count). The van der Waals surface area contributed by atoms with Gasteiger partial charge in [0.1, 0.15) is 5.82 Å². The van der Waals surface area contributed by atoms with Crippen LogP contribution >= 0.6 is 11.3 Å². The Bertz CT molecular complexity index is 404. The second kappa shape index (κ2) is 3.30. The molecule has 0 spiro atoms. The molecule has 0 unspecified atom stereocenters. The molecular formula is C11H9FS. The van der Waals surface area contributed by atoms with Crippen molar-refractivity contribution in [3.8, 4) is 11.1 Å². The molecule has 2 heteroatoms. The van der Waals surface area contributed by atoms with Crippen LogP contribution in [0.2, 0.25) is 0 Å². The van der Waals surface area contributed by atoms with Crippen molar-refractivity contribution in [3.05, 3.63) is 46.4 Å². The van der Waals surface area contributed by atoms with Crippen LogP contribution in [-0.4, -0.2) is 0 Å². The van der Waals surface area contributed by atoms with Crippen LogP contribution < -0.4 is 0 Å². The second-order valence-corrected chi connectivity index (χ2v) is 3.75. The van der Waals surface area contributed by atoms with Crippen molar-refractivity contribution in [2.45, 2.75) is 6.92 Å². The van der Waals surface area contributed by atoms with Crippen LogP contribution in [0.4, 0.5) is 4.39 Å². The quantitative estimate of drug-likeness (QED) is 0.643. The Morgan fingerprint density at radius 1 is 1.23 bits per heavy atom. The van der Waals surface area contributed by atoms with Gasteiger partial charge in [-0.1, -0.05) is 6.07 Å². The number of halogens is 1. The lowest BCUT2D eigenvalue weighted by atomic mass is 10.0. The van der Waals surface area contributed by atoms with Crippen LogP contribution in [0.3, 0.4) is 0 Å². The molecule has 2 aromatic rings. The Balaban J connectivity index is 2.53. The van der Waals surface area contributed by atoms with Crippen molar-refractivity contribution in [2.75, 3.05) is 0 Å². The average molecular weight is 192 g/mol. The first kappa shape index (κ1) is 8.45. The Labute approximate surface area is 80.7 Å². The smallest absolute Gasteiger partial charge is 0.123 e. The monoisotopic (exact) mass is 192 g/mol. The zero-order chi connectivity index (χ0) is 9.26. The normalized spacial score (nSPS) is 10.3. The third-order valence-corrected chi connectivity index (χ3v) is 2.70. The summed E-state index contributed by atoms with van der Waals surface area (Å²) in [6, 6.07) is 6.94. The first-order valence-electron chi connectivity index (χ1n) is 4.06. The van der Waals surface area contributed by atoms with Crippen molar-refractivity contribution < 1.29 is 4.39 Å². The predicted molar refractivity (Wildman–Crippen MR) is 54.5 cm³/mol. The number of thiophene rings is 1. The van der Waals surface area contributed by atoms with E-state index in [9.17, 15) is 4.39 Å². The van der Waals surface area contributed by atoms with E-state index < -0.39 is 0 Å². The highest BCUT2D eigenvalue weighted by molar-refractivity contribution is 7.08. The largest absolute Gasteiger partial charge is 0.207 e. The topological polar surface area (TPSA) is 0 Å². The van der Waals surface area contributed by atoms with Crippen LogP contribution in [0, 0.1) is 12.7 Å². The molecule has 0 aliphatic rings. The van der Waals surface area contributed by atoms with E-state index in [1.165, 1.54) is 11.6 Å². The van der Waals surface area contributed by atoms with Gasteiger partial charge in [0.05, 0.1) is 0 Å². The molecule has 1 heterocycles. The number of rotatable bonds is 1. The summed E-state index contributed by atoms with van der Waals surface area (Å²) < 4.78 is 12.8. The maximum absolute atomic E-state index is 12.8. The lowest BCUT2D eigenvalue weighted by Crippen LogP contribution is -1.82. The van der Waals surface area contributed by atoms with Crippen molar-refractivity contribution in [1.82, 2.24) is 0 Å². The summed E-state index contributed by atoms with van der Waals surface area (Å²) in [5.41, 5.74) is 3.27. The number of hydrogen-bond acceptors (Lipinski definition) is 1. The molecule has 0 N–H and O–H groups in total. The van der Waals surface area contributed by atoms with Crippen molar-refractivity contribution >= 4 is 11.3 Å². The molecule has 0 aliphatic heterocycles. The Hall–Kier alpha value is -1.15. The number of aryl methyl sites for hydroxylation is 1. The molecular weight excluding hydrogens is 183 g/mol. The summed E-state index contributed by atoms with van der Waals surface area (Å²) >= 11 is 1.65. The van der Waals surface area contributed by atoms with Crippen molar-refractivity contribution in [2.24, 2.45) is 0 Å². The van der Waals surface area contributed by atoms with E-state index in [1.807, 2.05) is 24.4 Å². The van der Waals surface area contributed by atoms with Gasteiger partial charge in [-0.25, -0.2) is 4.39 Å². The third kappa shape index (κ3) is 1.63. The fourth-order valence-corrected chi connectivity index (χ4v) is 2.02. The van der Waals surface area contributed by atoms with Gasteiger partial charge in [-0.2, -0.15) is 11.3 Å². The van der Waals surface area contributed by atoms with E-state index in [4.69, 9.17) is 0 Å². The molecule has 13 heavy (non-hydrogen) atoms. The SMILES string of the molecule is Cc1cc(F)ccc1-c1ccsc1. The van der Waals surface area contributed by atoms with Crippen LogP contribution in [0.1, 0.15) is 5.56 Å². The van der Waals surface area contributed by atoms with Crippen LogP contribution in [0.5, 0.6) is 0 Å². The van der Waals surface area contributed by atoms with Gasteiger partial charge >= 0.3 is 0 Å². The van der Waals surface area contributed by atoms with Crippen molar-refractivity contribution in [3.63, 3.8) is 0 Å². The molecule has 0 radical (unpaired) electrons. The summed E-state index contributed by atoms with van der Waals surface area (Å²) in [5.74, 6) is -0.170. The van der Waals surface area contributed by atoms with Gasteiger partial charge in [-0.3, -0.25) is 0 Å². The summed E-state index contributed by atoms with van der Waals surface area (Å²) in [5, 5.41) is 4.10. The van der Waals surface area contributed by atoms with Gasteiger partial charge in [-0.15, -0.1) is 0 Å². The van der Waals surface area contributed by atoms with Crippen LogP contribution in [0.25, 0.3) is 11.1 Å². The third-order valence-electron chi connectivity index (χ3n) is 2.02. The summed E-state index contributed by atoms with van der Waals surface area (Å²) in [7, 11) is 0. The molecule has 0 saturated carbocycles. The van der Waals surface area contributed by atoms with Gasteiger partial charge in [-0.05, 0) is 52.6 Å². The molecule has 1 aromatic heterocycles. The summed E-state index contributed by atoms with van der Waals surface area (Å²) in [4.78, 5) is 0. The number of hydrogen-bond donors (Lipinski definition) is 0. The molecule has 0 amide bonds. The Kier molecular flexibility index (Phi) is 2.15. The summed E-state index contributed by atoms with van der Waals surface area (Å²) in [6.45, 7) is 1.93. The molecule has 0 aliphatic carbocycles. The van der Waals surface area contributed by atoms with Gasteiger partial charge in [0.25, 0.3) is 0 Å². The minimum Gasteiger partial charge on any atom is -0.207 e. The first-order chi connectivity index (χ1) is 6.27. The predicted octanol–water partition coefficient (Wildman–Crippen LogP) is 3.86. The highest BCUT2D eigenvalue weighted by Gasteiger charge is 2.02. The van der Waals surface area contributed by atoms with E-state index in [0.29, 0.717) is 0 Å². The minimum atomic E-state index is -0.170. The van der Waals surface area contributed by atoms with Crippen LogP contribution in [0.15, 0.2) is 35.0 Å². The van der Waals surface area contributed by atoms with E-state index >= 15 is 0 Å². The lowest BCUT2D eigenvalue weighted by Gasteiger charge is -2.02. The van der Waals surface area contributed by atoms with E-state index in [1.54, 1.807) is 17.4 Å². The molecule has 0 bridgehead atoms. The van der Waals surface area contributed by atoms with Gasteiger partial charge in [0.2, 0.25) is 0 Å². The molecule has 0 saturated heterocycles. The minimum absolute atomic E-state index is 0.170. The zero-order valence-corrected chi connectivity index (χ0v) is 8.07. The highest BCUT2D eigenvalue weighted by Crippen LogP contribution is 2.25. The standard InChI is InChI=1S/C11H9FS/c1-8-6-10(12)2-3-11(8)9-4-5-13-7-9/h2-7H,1H3.